The van der Waals surface area contributed by atoms with Crippen LogP contribution in [0, 0.1) is 5.92 Å². The normalized spacial score (nSPS) is 19.6. The highest BCUT2D eigenvalue weighted by atomic mass is 32.1. The van der Waals surface area contributed by atoms with Crippen molar-refractivity contribution in [3.63, 3.8) is 0 Å². The minimum Gasteiger partial charge on any atom is -0.469 e. The first-order valence-electron chi connectivity index (χ1n) is 6.29. The number of hydrogen-bond donors (Lipinski definition) is 0. The predicted molar refractivity (Wildman–Crippen MR) is 74.7 cm³/mol. The van der Waals surface area contributed by atoms with Gasteiger partial charge in [-0.3, -0.25) is 9.59 Å². The standard InChI is InChI=1S/C14H17NO3S/c1-18-14(17)11-4-2-8-15(10-11)13(16)7-6-12-5-3-9-19-12/h3,5-7,9,11H,2,4,8,10H2,1H3/b7-6+. The van der Waals surface area contributed by atoms with Gasteiger partial charge in [-0.25, -0.2) is 0 Å². The van der Waals surface area contributed by atoms with Gasteiger partial charge in [0.05, 0.1) is 13.0 Å². The summed E-state index contributed by atoms with van der Waals surface area (Å²) in [6.07, 6.45) is 5.03. The first-order chi connectivity index (χ1) is 9.20. The summed E-state index contributed by atoms with van der Waals surface area (Å²) in [4.78, 5) is 26.3. The van der Waals surface area contributed by atoms with Crippen molar-refractivity contribution in [3.05, 3.63) is 28.5 Å². The van der Waals surface area contributed by atoms with Gasteiger partial charge in [0.2, 0.25) is 5.91 Å². The fourth-order valence-corrected chi connectivity index (χ4v) is 2.80. The van der Waals surface area contributed by atoms with Crippen LogP contribution in [0.15, 0.2) is 23.6 Å². The highest BCUT2D eigenvalue weighted by Gasteiger charge is 2.28. The third kappa shape index (κ3) is 3.67. The minimum absolute atomic E-state index is 0.0398. The fourth-order valence-electron chi connectivity index (χ4n) is 2.18. The molecule has 1 unspecified atom stereocenters. The van der Waals surface area contributed by atoms with Crippen molar-refractivity contribution in [1.29, 1.82) is 0 Å². The Morgan fingerprint density at radius 3 is 3.05 bits per heavy atom. The number of amides is 1. The molecule has 0 aromatic carbocycles. The summed E-state index contributed by atoms with van der Waals surface area (Å²) in [7, 11) is 1.39. The molecule has 1 aromatic heterocycles. The van der Waals surface area contributed by atoms with Crippen molar-refractivity contribution < 1.29 is 14.3 Å². The van der Waals surface area contributed by atoms with Gasteiger partial charge in [-0.2, -0.15) is 0 Å². The van der Waals surface area contributed by atoms with Gasteiger partial charge in [0.1, 0.15) is 0 Å². The van der Waals surface area contributed by atoms with E-state index < -0.39 is 0 Å². The molecule has 1 atom stereocenters. The Labute approximate surface area is 116 Å². The third-order valence-electron chi connectivity index (χ3n) is 3.20. The van der Waals surface area contributed by atoms with E-state index in [0.717, 1.165) is 17.7 Å². The van der Waals surface area contributed by atoms with Crippen molar-refractivity contribution in [2.45, 2.75) is 12.8 Å². The van der Waals surface area contributed by atoms with Crippen LogP contribution in [0.3, 0.4) is 0 Å². The number of rotatable bonds is 3. The van der Waals surface area contributed by atoms with E-state index in [-0.39, 0.29) is 17.8 Å². The molecule has 0 bridgehead atoms. The third-order valence-corrected chi connectivity index (χ3v) is 4.04. The number of carbonyl (C=O) groups excluding carboxylic acids is 2. The zero-order chi connectivity index (χ0) is 13.7. The van der Waals surface area contributed by atoms with E-state index in [9.17, 15) is 9.59 Å². The van der Waals surface area contributed by atoms with Gasteiger partial charge < -0.3 is 9.64 Å². The lowest BCUT2D eigenvalue weighted by molar-refractivity contribution is -0.148. The maximum Gasteiger partial charge on any atom is 0.310 e. The average Bonchev–Trinajstić information content (AvgIpc) is 2.97. The number of methoxy groups -OCH3 is 1. The van der Waals surface area contributed by atoms with Crippen molar-refractivity contribution in [1.82, 2.24) is 4.90 Å². The van der Waals surface area contributed by atoms with Crippen molar-refractivity contribution >= 4 is 29.3 Å². The molecule has 19 heavy (non-hydrogen) atoms. The lowest BCUT2D eigenvalue weighted by Crippen LogP contribution is -2.41. The van der Waals surface area contributed by atoms with Crippen molar-refractivity contribution in [2.75, 3.05) is 20.2 Å². The lowest BCUT2D eigenvalue weighted by atomic mass is 9.98. The van der Waals surface area contributed by atoms with Crippen LogP contribution in [0.1, 0.15) is 17.7 Å². The predicted octanol–water partition coefficient (Wildman–Crippen LogP) is 2.17. The number of nitrogens with zero attached hydrogens (tertiary/aromatic N) is 1. The summed E-state index contributed by atoms with van der Waals surface area (Å²) >= 11 is 1.59. The summed E-state index contributed by atoms with van der Waals surface area (Å²) in [6.45, 7) is 1.17. The molecule has 1 fully saturated rings. The Morgan fingerprint density at radius 1 is 1.53 bits per heavy atom. The highest BCUT2D eigenvalue weighted by Crippen LogP contribution is 2.18. The van der Waals surface area contributed by atoms with Crippen LogP contribution < -0.4 is 0 Å². The summed E-state index contributed by atoms with van der Waals surface area (Å²) in [5, 5.41) is 1.97. The molecule has 2 heterocycles. The second-order valence-electron chi connectivity index (χ2n) is 4.50. The Kier molecular flexibility index (Phi) is 4.74. The van der Waals surface area contributed by atoms with Gasteiger partial charge in [-0.05, 0) is 30.4 Å². The zero-order valence-corrected chi connectivity index (χ0v) is 11.7. The molecule has 0 aliphatic carbocycles. The molecule has 5 heteroatoms. The Balaban J connectivity index is 1.93. The molecule has 2 rings (SSSR count). The van der Waals surface area contributed by atoms with Crippen LogP contribution in [0.5, 0.6) is 0 Å². The molecular formula is C14H17NO3S. The zero-order valence-electron chi connectivity index (χ0n) is 10.9. The summed E-state index contributed by atoms with van der Waals surface area (Å²) < 4.78 is 4.74. The Hall–Kier alpha value is -1.62. The first kappa shape index (κ1) is 13.8. The van der Waals surface area contributed by atoms with Gasteiger partial charge >= 0.3 is 5.97 Å². The molecule has 0 N–H and O–H groups in total. The number of carbonyl (C=O) groups is 2. The number of esters is 1. The molecule has 4 nitrogen and oxygen atoms in total. The molecular weight excluding hydrogens is 262 g/mol. The molecule has 1 saturated heterocycles. The second kappa shape index (κ2) is 6.52. The fraction of sp³-hybridized carbons (Fsp3) is 0.429. The quantitative estimate of drug-likeness (QED) is 0.629. The number of piperidine rings is 1. The first-order valence-corrected chi connectivity index (χ1v) is 7.17. The van der Waals surface area contributed by atoms with E-state index in [1.165, 1.54) is 7.11 Å². The van der Waals surface area contributed by atoms with Crippen molar-refractivity contribution in [3.8, 4) is 0 Å². The van der Waals surface area contributed by atoms with E-state index in [4.69, 9.17) is 4.74 Å². The van der Waals surface area contributed by atoms with Crippen LogP contribution in [0.25, 0.3) is 6.08 Å². The molecule has 0 radical (unpaired) electrons. The Morgan fingerprint density at radius 2 is 2.37 bits per heavy atom. The van der Waals surface area contributed by atoms with Gasteiger partial charge in [-0.15, -0.1) is 11.3 Å². The molecule has 1 aliphatic heterocycles. The summed E-state index contributed by atoms with van der Waals surface area (Å²) in [6, 6.07) is 3.91. The number of thiophene rings is 1. The van der Waals surface area contributed by atoms with Gasteiger partial charge in [0.25, 0.3) is 0 Å². The minimum atomic E-state index is -0.222. The second-order valence-corrected chi connectivity index (χ2v) is 5.47. The monoisotopic (exact) mass is 279 g/mol. The van der Waals surface area contributed by atoms with Crippen molar-refractivity contribution in [2.24, 2.45) is 5.92 Å². The van der Waals surface area contributed by atoms with Crippen LogP contribution in [-0.4, -0.2) is 37.0 Å². The van der Waals surface area contributed by atoms with Gasteiger partial charge in [0, 0.05) is 24.0 Å². The molecule has 102 valence electrons. The van der Waals surface area contributed by atoms with E-state index in [0.29, 0.717) is 13.1 Å². The van der Waals surface area contributed by atoms with Crippen LogP contribution >= 0.6 is 11.3 Å². The maximum absolute atomic E-state index is 12.0. The number of ether oxygens (including phenoxy) is 1. The molecule has 0 spiro atoms. The van der Waals surface area contributed by atoms with E-state index >= 15 is 0 Å². The molecule has 0 saturated carbocycles. The number of likely N-dealkylation sites (tertiary alicyclic amines) is 1. The van der Waals surface area contributed by atoms with E-state index in [2.05, 4.69) is 0 Å². The summed E-state index contributed by atoms with van der Waals surface area (Å²) in [5.41, 5.74) is 0. The van der Waals surface area contributed by atoms with E-state index in [1.807, 2.05) is 23.6 Å². The largest absolute Gasteiger partial charge is 0.469 e. The smallest absolute Gasteiger partial charge is 0.310 e. The Bertz CT molecular complexity index is 467. The SMILES string of the molecule is COC(=O)C1CCCN(C(=O)/C=C/c2cccs2)C1. The van der Waals surface area contributed by atoms with Crippen LogP contribution in [0.4, 0.5) is 0 Å². The number of hydrogen-bond acceptors (Lipinski definition) is 4. The summed E-state index contributed by atoms with van der Waals surface area (Å²) in [5.74, 6) is -0.445. The highest BCUT2D eigenvalue weighted by molar-refractivity contribution is 7.10. The molecule has 1 amide bonds. The van der Waals surface area contributed by atoms with Gasteiger partial charge in [-0.1, -0.05) is 6.07 Å². The van der Waals surface area contributed by atoms with Gasteiger partial charge in [0.15, 0.2) is 0 Å². The van der Waals surface area contributed by atoms with Crippen LogP contribution in [-0.2, 0) is 14.3 Å². The lowest BCUT2D eigenvalue weighted by Gasteiger charge is -2.30. The molecule has 1 aromatic rings. The molecule has 1 aliphatic rings. The maximum atomic E-state index is 12.0. The van der Waals surface area contributed by atoms with Crippen LogP contribution in [0.2, 0.25) is 0 Å². The van der Waals surface area contributed by atoms with E-state index in [1.54, 1.807) is 22.3 Å². The average molecular weight is 279 g/mol. The topological polar surface area (TPSA) is 46.6 Å².